The maximum atomic E-state index is 9.04. The standard InChI is InChI=1S/C13H24N2OS/c1-3-5-7-15(8-9-16)10-12-11-17-13(14-12)6-4-2/h11,16H,3-10H2,1-2H3. The summed E-state index contributed by atoms with van der Waals surface area (Å²) in [5.74, 6) is 0. The number of hydrogen-bond donors (Lipinski definition) is 1. The third-order valence-electron chi connectivity index (χ3n) is 2.69. The largest absolute Gasteiger partial charge is 0.395 e. The number of thiazole rings is 1. The van der Waals surface area contributed by atoms with E-state index in [-0.39, 0.29) is 6.61 Å². The third-order valence-corrected chi connectivity index (χ3v) is 3.65. The zero-order chi connectivity index (χ0) is 12.5. The van der Waals surface area contributed by atoms with Gasteiger partial charge in [-0.05, 0) is 25.8 Å². The highest BCUT2D eigenvalue weighted by molar-refractivity contribution is 7.09. The quantitative estimate of drug-likeness (QED) is 0.738. The molecule has 0 atom stereocenters. The molecule has 0 aliphatic rings. The van der Waals surface area contributed by atoms with Crippen molar-refractivity contribution in [2.24, 2.45) is 0 Å². The number of aryl methyl sites for hydroxylation is 1. The van der Waals surface area contributed by atoms with Crippen LogP contribution in [0, 0.1) is 0 Å². The highest BCUT2D eigenvalue weighted by Gasteiger charge is 2.08. The van der Waals surface area contributed by atoms with E-state index >= 15 is 0 Å². The summed E-state index contributed by atoms with van der Waals surface area (Å²) < 4.78 is 0. The molecule has 1 rings (SSSR count). The van der Waals surface area contributed by atoms with Gasteiger partial charge >= 0.3 is 0 Å². The molecule has 0 bridgehead atoms. The Hall–Kier alpha value is -0.450. The predicted octanol–water partition coefficient (Wildman–Crippen LogP) is 2.69. The van der Waals surface area contributed by atoms with Gasteiger partial charge in [-0.2, -0.15) is 0 Å². The summed E-state index contributed by atoms with van der Waals surface area (Å²) in [7, 11) is 0. The average molecular weight is 256 g/mol. The van der Waals surface area contributed by atoms with E-state index in [0.29, 0.717) is 0 Å². The monoisotopic (exact) mass is 256 g/mol. The molecule has 4 heteroatoms. The van der Waals surface area contributed by atoms with E-state index in [0.717, 1.165) is 38.2 Å². The Labute approximate surface area is 108 Å². The van der Waals surface area contributed by atoms with Crippen LogP contribution in [0.1, 0.15) is 43.8 Å². The van der Waals surface area contributed by atoms with E-state index in [1.165, 1.54) is 17.8 Å². The zero-order valence-electron chi connectivity index (χ0n) is 11.0. The molecular formula is C13H24N2OS. The van der Waals surface area contributed by atoms with Crippen molar-refractivity contribution < 1.29 is 5.11 Å². The fourth-order valence-corrected chi connectivity index (χ4v) is 2.66. The lowest BCUT2D eigenvalue weighted by Gasteiger charge is -2.19. The van der Waals surface area contributed by atoms with Crippen molar-refractivity contribution in [1.82, 2.24) is 9.88 Å². The van der Waals surface area contributed by atoms with Crippen LogP contribution in [-0.4, -0.2) is 34.7 Å². The van der Waals surface area contributed by atoms with E-state index in [1.54, 1.807) is 11.3 Å². The first kappa shape index (κ1) is 14.6. The minimum absolute atomic E-state index is 0.232. The number of aliphatic hydroxyl groups is 1. The van der Waals surface area contributed by atoms with Crippen molar-refractivity contribution >= 4 is 11.3 Å². The fraction of sp³-hybridized carbons (Fsp3) is 0.769. The van der Waals surface area contributed by atoms with Crippen LogP contribution in [0.5, 0.6) is 0 Å². The van der Waals surface area contributed by atoms with Crippen molar-refractivity contribution in [3.63, 3.8) is 0 Å². The summed E-state index contributed by atoms with van der Waals surface area (Å²) in [6.45, 7) is 7.29. The number of unbranched alkanes of at least 4 members (excludes halogenated alkanes) is 1. The molecule has 0 fully saturated rings. The number of aromatic nitrogens is 1. The van der Waals surface area contributed by atoms with Gasteiger partial charge in [0.15, 0.2) is 0 Å². The Morgan fingerprint density at radius 3 is 2.76 bits per heavy atom. The van der Waals surface area contributed by atoms with Crippen LogP contribution in [-0.2, 0) is 13.0 Å². The van der Waals surface area contributed by atoms with Gasteiger partial charge in [0.05, 0.1) is 17.3 Å². The first-order valence-electron chi connectivity index (χ1n) is 6.56. The SMILES string of the molecule is CCCCN(CCO)Cc1csc(CCC)n1. The van der Waals surface area contributed by atoms with Gasteiger partial charge in [-0.3, -0.25) is 4.90 Å². The van der Waals surface area contributed by atoms with Gasteiger partial charge in [0.1, 0.15) is 0 Å². The number of nitrogens with zero attached hydrogens (tertiary/aromatic N) is 2. The predicted molar refractivity (Wildman–Crippen MR) is 73.4 cm³/mol. The summed E-state index contributed by atoms with van der Waals surface area (Å²) in [6, 6.07) is 0. The molecule has 0 saturated heterocycles. The summed E-state index contributed by atoms with van der Waals surface area (Å²) in [4.78, 5) is 6.91. The van der Waals surface area contributed by atoms with E-state index in [4.69, 9.17) is 5.11 Å². The van der Waals surface area contributed by atoms with Crippen LogP contribution < -0.4 is 0 Å². The van der Waals surface area contributed by atoms with Crippen molar-refractivity contribution in [3.05, 3.63) is 16.1 Å². The Morgan fingerprint density at radius 1 is 1.29 bits per heavy atom. The van der Waals surface area contributed by atoms with Gasteiger partial charge in [0.25, 0.3) is 0 Å². The average Bonchev–Trinajstić information content (AvgIpc) is 2.74. The molecule has 1 heterocycles. The molecule has 0 amide bonds. The van der Waals surface area contributed by atoms with E-state index in [9.17, 15) is 0 Å². The summed E-state index contributed by atoms with van der Waals surface area (Å²) >= 11 is 1.76. The number of rotatable bonds is 9. The number of aliphatic hydroxyl groups excluding tert-OH is 1. The topological polar surface area (TPSA) is 36.4 Å². The molecule has 0 aliphatic carbocycles. The molecule has 98 valence electrons. The van der Waals surface area contributed by atoms with Gasteiger partial charge in [-0.15, -0.1) is 11.3 Å². The number of hydrogen-bond acceptors (Lipinski definition) is 4. The summed E-state index contributed by atoms with van der Waals surface area (Å²) in [5, 5.41) is 12.4. The smallest absolute Gasteiger partial charge is 0.0928 e. The maximum Gasteiger partial charge on any atom is 0.0928 e. The summed E-state index contributed by atoms with van der Waals surface area (Å²) in [6.07, 6.45) is 4.62. The van der Waals surface area contributed by atoms with Gasteiger partial charge in [0, 0.05) is 18.5 Å². The molecule has 1 N–H and O–H groups in total. The van der Waals surface area contributed by atoms with Crippen LogP contribution >= 0.6 is 11.3 Å². The zero-order valence-corrected chi connectivity index (χ0v) is 11.8. The lowest BCUT2D eigenvalue weighted by atomic mass is 10.3. The van der Waals surface area contributed by atoms with Gasteiger partial charge < -0.3 is 5.11 Å². The van der Waals surface area contributed by atoms with Crippen LogP contribution in [0.15, 0.2) is 5.38 Å². The molecule has 0 radical (unpaired) electrons. The van der Waals surface area contributed by atoms with Crippen molar-refractivity contribution in [2.45, 2.75) is 46.1 Å². The molecule has 0 aliphatic heterocycles. The Balaban J connectivity index is 2.46. The molecule has 1 aromatic rings. The van der Waals surface area contributed by atoms with Crippen molar-refractivity contribution in [1.29, 1.82) is 0 Å². The van der Waals surface area contributed by atoms with Crippen LogP contribution in [0.25, 0.3) is 0 Å². The van der Waals surface area contributed by atoms with E-state index < -0.39 is 0 Å². The van der Waals surface area contributed by atoms with Crippen molar-refractivity contribution in [2.75, 3.05) is 19.7 Å². The molecule has 17 heavy (non-hydrogen) atoms. The van der Waals surface area contributed by atoms with Gasteiger partial charge in [-0.25, -0.2) is 4.98 Å². The van der Waals surface area contributed by atoms with E-state index in [2.05, 4.69) is 29.1 Å². The lowest BCUT2D eigenvalue weighted by molar-refractivity contribution is 0.187. The lowest BCUT2D eigenvalue weighted by Crippen LogP contribution is -2.27. The fourth-order valence-electron chi connectivity index (χ4n) is 1.77. The Bertz CT molecular complexity index is 301. The molecule has 0 aromatic carbocycles. The maximum absolute atomic E-state index is 9.04. The molecule has 0 spiro atoms. The molecule has 3 nitrogen and oxygen atoms in total. The van der Waals surface area contributed by atoms with Gasteiger partial charge in [0.2, 0.25) is 0 Å². The third kappa shape index (κ3) is 5.61. The molecule has 1 aromatic heterocycles. The molecule has 0 saturated carbocycles. The van der Waals surface area contributed by atoms with Crippen LogP contribution in [0.3, 0.4) is 0 Å². The first-order chi connectivity index (χ1) is 8.30. The Morgan fingerprint density at radius 2 is 2.12 bits per heavy atom. The minimum atomic E-state index is 0.232. The van der Waals surface area contributed by atoms with Gasteiger partial charge in [-0.1, -0.05) is 20.3 Å². The minimum Gasteiger partial charge on any atom is -0.395 e. The summed E-state index contributed by atoms with van der Waals surface area (Å²) in [5.41, 5.74) is 1.16. The highest BCUT2D eigenvalue weighted by Crippen LogP contribution is 2.13. The second-order valence-electron chi connectivity index (χ2n) is 4.34. The normalized spacial score (nSPS) is 11.3. The second-order valence-corrected chi connectivity index (χ2v) is 5.28. The van der Waals surface area contributed by atoms with E-state index in [1.807, 2.05) is 0 Å². The molecular weight excluding hydrogens is 232 g/mol. The first-order valence-corrected chi connectivity index (χ1v) is 7.44. The second kappa shape index (κ2) is 8.61. The highest BCUT2D eigenvalue weighted by atomic mass is 32.1. The molecule has 0 unspecified atom stereocenters. The van der Waals surface area contributed by atoms with Crippen molar-refractivity contribution in [3.8, 4) is 0 Å². The Kier molecular flexibility index (Phi) is 7.40. The van der Waals surface area contributed by atoms with Crippen LogP contribution in [0.4, 0.5) is 0 Å². The van der Waals surface area contributed by atoms with Crippen LogP contribution in [0.2, 0.25) is 0 Å².